The predicted molar refractivity (Wildman–Crippen MR) is 57.9 cm³/mol. The van der Waals surface area contributed by atoms with Gasteiger partial charge in [-0.3, -0.25) is 4.90 Å². The first kappa shape index (κ1) is 14.7. The van der Waals surface area contributed by atoms with Crippen LogP contribution in [0, 0.1) is 5.92 Å². The van der Waals surface area contributed by atoms with Gasteiger partial charge in [-0.05, 0) is 5.92 Å². The molecule has 0 spiro atoms. The number of morpholine rings is 1. The standard InChI is InChI=1S/C11H20F3NO2/c1-9(2)10(11(12,13)14)17-8-5-15-3-6-16-7-4-15/h9-10H,3-8H2,1-2H3. The molecule has 0 aromatic heterocycles. The maximum Gasteiger partial charge on any atom is 0.414 e. The second-order valence-electron chi connectivity index (χ2n) is 4.53. The molecule has 1 aliphatic rings. The van der Waals surface area contributed by atoms with E-state index in [2.05, 4.69) is 4.90 Å². The van der Waals surface area contributed by atoms with Crippen molar-refractivity contribution in [2.45, 2.75) is 26.1 Å². The van der Waals surface area contributed by atoms with Crippen molar-refractivity contribution in [3.8, 4) is 0 Å². The third-order valence-electron chi connectivity index (χ3n) is 2.74. The van der Waals surface area contributed by atoms with E-state index in [0.29, 0.717) is 19.8 Å². The maximum absolute atomic E-state index is 12.6. The molecule has 0 amide bonds. The average Bonchev–Trinajstić information content (AvgIpc) is 2.23. The summed E-state index contributed by atoms with van der Waals surface area (Å²) in [6, 6.07) is 0. The van der Waals surface area contributed by atoms with Gasteiger partial charge in [0, 0.05) is 19.6 Å². The van der Waals surface area contributed by atoms with E-state index in [-0.39, 0.29) is 6.61 Å². The van der Waals surface area contributed by atoms with Gasteiger partial charge in [0.15, 0.2) is 6.10 Å². The molecule has 1 aliphatic heterocycles. The molecule has 1 fully saturated rings. The highest BCUT2D eigenvalue weighted by atomic mass is 19.4. The van der Waals surface area contributed by atoms with Gasteiger partial charge < -0.3 is 9.47 Å². The fraction of sp³-hybridized carbons (Fsp3) is 1.00. The molecule has 1 unspecified atom stereocenters. The molecule has 1 atom stereocenters. The third kappa shape index (κ3) is 5.23. The Labute approximate surface area is 99.9 Å². The Morgan fingerprint density at radius 3 is 2.29 bits per heavy atom. The zero-order valence-electron chi connectivity index (χ0n) is 10.3. The quantitative estimate of drug-likeness (QED) is 0.749. The summed E-state index contributed by atoms with van der Waals surface area (Å²) < 4.78 is 47.9. The third-order valence-corrected chi connectivity index (χ3v) is 2.74. The molecule has 102 valence electrons. The lowest BCUT2D eigenvalue weighted by atomic mass is 10.1. The first-order valence-electron chi connectivity index (χ1n) is 5.89. The van der Waals surface area contributed by atoms with Crippen molar-refractivity contribution in [2.24, 2.45) is 5.92 Å². The lowest BCUT2D eigenvalue weighted by Gasteiger charge is -2.28. The molecule has 0 aliphatic carbocycles. The zero-order chi connectivity index (χ0) is 12.9. The van der Waals surface area contributed by atoms with E-state index < -0.39 is 18.2 Å². The molecule has 0 radical (unpaired) electrons. The average molecular weight is 255 g/mol. The highest BCUT2D eigenvalue weighted by Gasteiger charge is 2.42. The van der Waals surface area contributed by atoms with Gasteiger partial charge in [0.1, 0.15) is 0 Å². The van der Waals surface area contributed by atoms with Crippen molar-refractivity contribution >= 4 is 0 Å². The van der Waals surface area contributed by atoms with Crippen molar-refractivity contribution < 1.29 is 22.6 Å². The second kappa shape index (κ2) is 6.56. The number of halogens is 3. The lowest BCUT2D eigenvalue weighted by Crippen LogP contribution is -2.41. The molecular weight excluding hydrogens is 235 g/mol. The molecule has 0 N–H and O–H groups in total. The molecule has 1 saturated heterocycles. The summed E-state index contributed by atoms with van der Waals surface area (Å²) in [5.74, 6) is -0.556. The SMILES string of the molecule is CC(C)C(OCCN1CCOCC1)C(F)(F)F. The van der Waals surface area contributed by atoms with Crippen molar-refractivity contribution in [1.29, 1.82) is 0 Å². The summed E-state index contributed by atoms with van der Waals surface area (Å²) in [4.78, 5) is 2.05. The molecular formula is C11H20F3NO2. The van der Waals surface area contributed by atoms with Crippen LogP contribution >= 0.6 is 0 Å². The Morgan fingerprint density at radius 1 is 1.24 bits per heavy atom. The van der Waals surface area contributed by atoms with E-state index in [4.69, 9.17) is 9.47 Å². The molecule has 0 bridgehead atoms. The smallest absolute Gasteiger partial charge is 0.379 e. The van der Waals surface area contributed by atoms with Crippen LogP contribution in [-0.2, 0) is 9.47 Å². The van der Waals surface area contributed by atoms with Crippen LogP contribution < -0.4 is 0 Å². The molecule has 6 heteroatoms. The van der Waals surface area contributed by atoms with Crippen LogP contribution in [0.1, 0.15) is 13.8 Å². The van der Waals surface area contributed by atoms with Crippen LogP contribution in [0.4, 0.5) is 13.2 Å². The van der Waals surface area contributed by atoms with Gasteiger partial charge in [0.25, 0.3) is 0 Å². The minimum absolute atomic E-state index is 0.113. The fourth-order valence-corrected chi connectivity index (χ4v) is 1.80. The minimum Gasteiger partial charge on any atom is -0.379 e. The molecule has 0 aromatic carbocycles. The van der Waals surface area contributed by atoms with Gasteiger partial charge in [-0.15, -0.1) is 0 Å². The van der Waals surface area contributed by atoms with Crippen molar-refractivity contribution in [3.63, 3.8) is 0 Å². The van der Waals surface area contributed by atoms with Crippen molar-refractivity contribution in [1.82, 2.24) is 4.90 Å². The molecule has 1 heterocycles. The predicted octanol–water partition coefficient (Wildman–Crippen LogP) is 1.92. The summed E-state index contributed by atoms with van der Waals surface area (Å²) in [5.41, 5.74) is 0. The highest BCUT2D eigenvalue weighted by Crippen LogP contribution is 2.28. The van der Waals surface area contributed by atoms with E-state index in [1.54, 1.807) is 0 Å². The maximum atomic E-state index is 12.6. The number of rotatable bonds is 5. The molecule has 1 rings (SSSR count). The fourth-order valence-electron chi connectivity index (χ4n) is 1.80. The lowest BCUT2D eigenvalue weighted by molar-refractivity contribution is -0.233. The van der Waals surface area contributed by atoms with Crippen molar-refractivity contribution in [2.75, 3.05) is 39.5 Å². The Morgan fingerprint density at radius 2 is 1.82 bits per heavy atom. The summed E-state index contributed by atoms with van der Waals surface area (Å²) in [5, 5.41) is 0. The van der Waals surface area contributed by atoms with Crippen LogP contribution in [0.3, 0.4) is 0 Å². The molecule has 3 nitrogen and oxygen atoms in total. The molecule has 0 aromatic rings. The normalized spacial score (nSPS) is 20.8. The van der Waals surface area contributed by atoms with Gasteiger partial charge in [-0.25, -0.2) is 0 Å². The van der Waals surface area contributed by atoms with Gasteiger partial charge in [0.2, 0.25) is 0 Å². The Hall–Kier alpha value is -0.330. The topological polar surface area (TPSA) is 21.7 Å². The van der Waals surface area contributed by atoms with E-state index in [0.717, 1.165) is 13.1 Å². The Kier molecular flexibility index (Phi) is 5.69. The van der Waals surface area contributed by atoms with E-state index in [9.17, 15) is 13.2 Å². The summed E-state index contributed by atoms with van der Waals surface area (Å²) >= 11 is 0. The number of hydrogen-bond acceptors (Lipinski definition) is 3. The van der Waals surface area contributed by atoms with Crippen LogP contribution in [0.2, 0.25) is 0 Å². The summed E-state index contributed by atoms with van der Waals surface area (Å²) in [6.45, 7) is 6.51. The van der Waals surface area contributed by atoms with E-state index >= 15 is 0 Å². The molecule has 17 heavy (non-hydrogen) atoms. The zero-order valence-corrected chi connectivity index (χ0v) is 10.3. The summed E-state index contributed by atoms with van der Waals surface area (Å²) in [6.07, 6.45) is -5.94. The van der Waals surface area contributed by atoms with Gasteiger partial charge in [0.05, 0.1) is 19.8 Å². The Balaban J connectivity index is 2.27. The van der Waals surface area contributed by atoms with Crippen molar-refractivity contribution in [3.05, 3.63) is 0 Å². The number of alkyl halides is 3. The van der Waals surface area contributed by atoms with Gasteiger partial charge in [-0.2, -0.15) is 13.2 Å². The van der Waals surface area contributed by atoms with E-state index in [1.165, 1.54) is 13.8 Å². The highest BCUT2D eigenvalue weighted by molar-refractivity contribution is 4.72. The van der Waals surface area contributed by atoms with Gasteiger partial charge in [-0.1, -0.05) is 13.8 Å². The van der Waals surface area contributed by atoms with E-state index in [1.807, 2.05) is 0 Å². The first-order valence-corrected chi connectivity index (χ1v) is 5.89. The number of nitrogens with zero attached hydrogens (tertiary/aromatic N) is 1. The second-order valence-corrected chi connectivity index (χ2v) is 4.53. The van der Waals surface area contributed by atoms with Crippen LogP contribution in [-0.4, -0.2) is 56.6 Å². The summed E-state index contributed by atoms with van der Waals surface area (Å²) in [7, 11) is 0. The first-order chi connectivity index (χ1) is 7.91. The number of ether oxygens (including phenoxy) is 2. The van der Waals surface area contributed by atoms with Crippen LogP contribution in [0.5, 0.6) is 0 Å². The largest absolute Gasteiger partial charge is 0.414 e. The molecule has 0 saturated carbocycles. The number of hydrogen-bond donors (Lipinski definition) is 0. The minimum atomic E-state index is -4.28. The van der Waals surface area contributed by atoms with Crippen LogP contribution in [0.15, 0.2) is 0 Å². The van der Waals surface area contributed by atoms with Crippen LogP contribution in [0.25, 0.3) is 0 Å². The Bertz CT molecular complexity index is 215. The monoisotopic (exact) mass is 255 g/mol. The van der Waals surface area contributed by atoms with Gasteiger partial charge >= 0.3 is 6.18 Å².